The zero-order valence-corrected chi connectivity index (χ0v) is 45.8. The molecule has 2 N–H and O–H groups in total. The standard InChI is InChI=1S/C57H115N2O6P/c1-6-8-10-12-14-16-18-20-22-24-26-27-28-29-30-31-32-33-34-36-38-40-42-44-46-48-50-56(60)55(54-65-66(62,63)64-53-52-59(3,4)5)58-57(61)51-49-47-45-43-41-39-37-35-25-23-21-19-17-15-13-11-9-7-2/h48,50,55-56,60H,6-47,49,51-54H2,1-5H3,(H-,58,61,62,63)/b50-48+. The second-order valence-corrected chi connectivity index (χ2v) is 22.8. The number of amides is 1. The van der Waals surface area contributed by atoms with Crippen molar-refractivity contribution in [3.05, 3.63) is 12.2 Å². The van der Waals surface area contributed by atoms with Crippen molar-refractivity contribution in [2.75, 3.05) is 40.9 Å². The van der Waals surface area contributed by atoms with E-state index in [1.54, 1.807) is 6.08 Å². The summed E-state index contributed by atoms with van der Waals surface area (Å²) in [6.45, 7) is 4.70. The molecule has 394 valence electrons. The van der Waals surface area contributed by atoms with Crippen LogP contribution in [-0.4, -0.2) is 68.5 Å². The molecular formula is C57H115N2O6P. The maximum Gasteiger partial charge on any atom is 0.268 e. The Morgan fingerprint density at radius 3 is 1.14 bits per heavy atom. The minimum atomic E-state index is -4.59. The Morgan fingerprint density at radius 2 is 0.818 bits per heavy atom. The number of carbonyl (C=O) groups excluding carboxylic acids is 1. The average Bonchev–Trinajstić information content (AvgIpc) is 3.28. The molecule has 0 saturated heterocycles. The van der Waals surface area contributed by atoms with Crippen molar-refractivity contribution in [3.8, 4) is 0 Å². The lowest BCUT2D eigenvalue weighted by Crippen LogP contribution is -2.45. The lowest BCUT2D eigenvalue weighted by Gasteiger charge is -2.29. The van der Waals surface area contributed by atoms with E-state index in [2.05, 4.69) is 19.2 Å². The topological polar surface area (TPSA) is 108 Å². The number of nitrogens with one attached hydrogen (secondary N) is 1. The fraction of sp³-hybridized carbons (Fsp3) is 0.947. The summed E-state index contributed by atoms with van der Waals surface area (Å²) in [5, 5.41) is 13.9. The van der Waals surface area contributed by atoms with E-state index in [-0.39, 0.29) is 19.1 Å². The van der Waals surface area contributed by atoms with Gasteiger partial charge in [-0.15, -0.1) is 0 Å². The molecule has 0 aliphatic carbocycles. The van der Waals surface area contributed by atoms with Crippen LogP contribution in [0.1, 0.15) is 296 Å². The van der Waals surface area contributed by atoms with E-state index >= 15 is 0 Å². The first-order chi connectivity index (χ1) is 32.0. The van der Waals surface area contributed by atoms with Crippen molar-refractivity contribution in [2.45, 2.75) is 309 Å². The van der Waals surface area contributed by atoms with Gasteiger partial charge in [-0.2, -0.15) is 0 Å². The third kappa shape index (κ3) is 51.1. The maximum absolute atomic E-state index is 12.9. The Labute approximate surface area is 412 Å². The highest BCUT2D eigenvalue weighted by Gasteiger charge is 2.23. The van der Waals surface area contributed by atoms with Crippen LogP contribution in [0.3, 0.4) is 0 Å². The zero-order chi connectivity index (χ0) is 48.5. The van der Waals surface area contributed by atoms with E-state index in [0.717, 1.165) is 38.5 Å². The van der Waals surface area contributed by atoms with Gasteiger partial charge in [0.1, 0.15) is 13.2 Å². The number of quaternary nitrogens is 1. The molecule has 0 aliphatic heterocycles. The van der Waals surface area contributed by atoms with Gasteiger partial charge in [0.05, 0.1) is 39.9 Å². The van der Waals surface area contributed by atoms with Crippen molar-refractivity contribution in [1.29, 1.82) is 0 Å². The lowest BCUT2D eigenvalue weighted by molar-refractivity contribution is -0.870. The highest BCUT2D eigenvalue weighted by molar-refractivity contribution is 7.45. The molecule has 0 fully saturated rings. The van der Waals surface area contributed by atoms with Gasteiger partial charge >= 0.3 is 0 Å². The first kappa shape index (κ1) is 65.2. The molecule has 0 heterocycles. The van der Waals surface area contributed by atoms with Crippen LogP contribution in [0.2, 0.25) is 0 Å². The quantitative estimate of drug-likeness (QED) is 0.0272. The molecule has 0 aromatic heterocycles. The van der Waals surface area contributed by atoms with Gasteiger partial charge in [-0.1, -0.05) is 283 Å². The summed E-state index contributed by atoms with van der Waals surface area (Å²) < 4.78 is 23.4. The number of carbonyl (C=O) groups is 1. The normalized spacial score (nSPS) is 14.0. The van der Waals surface area contributed by atoms with Crippen molar-refractivity contribution in [1.82, 2.24) is 5.32 Å². The Hall–Kier alpha value is -0.760. The van der Waals surface area contributed by atoms with E-state index < -0.39 is 20.0 Å². The van der Waals surface area contributed by atoms with E-state index in [9.17, 15) is 19.4 Å². The van der Waals surface area contributed by atoms with Crippen molar-refractivity contribution in [2.24, 2.45) is 0 Å². The number of nitrogens with zero attached hydrogens (tertiary/aromatic N) is 1. The number of likely N-dealkylation sites (N-methyl/N-ethyl adjacent to an activating group) is 1. The molecule has 3 atom stereocenters. The van der Waals surface area contributed by atoms with Crippen LogP contribution >= 0.6 is 7.82 Å². The van der Waals surface area contributed by atoms with Gasteiger partial charge in [0.15, 0.2) is 0 Å². The Morgan fingerprint density at radius 1 is 0.515 bits per heavy atom. The molecule has 1 amide bonds. The van der Waals surface area contributed by atoms with Crippen molar-refractivity contribution < 1.29 is 32.9 Å². The third-order valence-corrected chi connectivity index (χ3v) is 14.5. The Balaban J connectivity index is 4.16. The molecule has 0 aromatic carbocycles. The van der Waals surface area contributed by atoms with Crippen molar-refractivity contribution >= 4 is 13.7 Å². The summed E-state index contributed by atoms with van der Waals surface area (Å²) >= 11 is 0. The Kier molecular flexibility index (Phi) is 48.7. The smallest absolute Gasteiger partial charge is 0.268 e. The first-order valence-electron chi connectivity index (χ1n) is 29.1. The number of hydrogen-bond donors (Lipinski definition) is 2. The summed E-state index contributed by atoms with van der Waals surface area (Å²) in [5.41, 5.74) is 0. The van der Waals surface area contributed by atoms with Gasteiger partial charge in [0.2, 0.25) is 5.91 Å². The number of aliphatic hydroxyl groups is 1. The molecule has 0 spiro atoms. The molecule has 0 aliphatic rings. The molecule has 66 heavy (non-hydrogen) atoms. The van der Waals surface area contributed by atoms with Crippen LogP contribution in [0.25, 0.3) is 0 Å². The summed E-state index contributed by atoms with van der Waals surface area (Å²) in [6.07, 6.45) is 60.0. The highest BCUT2D eigenvalue weighted by atomic mass is 31.2. The van der Waals surface area contributed by atoms with Gasteiger partial charge in [0.25, 0.3) is 7.82 Å². The summed E-state index contributed by atoms with van der Waals surface area (Å²) in [5.74, 6) is -0.191. The van der Waals surface area contributed by atoms with E-state index in [1.165, 1.54) is 238 Å². The largest absolute Gasteiger partial charge is 0.756 e. The number of unbranched alkanes of at least 4 members (excludes halogenated alkanes) is 41. The second kappa shape index (κ2) is 49.2. The van der Waals surface area contributed by atoms with Crippen LogP contribution < -0.4 is 10.2 Å². The predicted molar refractivity (Wildman–Crippen MR) is 284 cm³/mol. The highest BCUT2D eigenvalue weighted by Crippen LogP contribution is 2.38. The SMILES string of the molecule is CCCCCCCCCCCCCCCCCCCCCCCCCC/C=C/C(O)C(COP(=O)([O-])OCC[N+](C)(C)C)NC(=O)CCCCCCCCCCCCCCCCCCCC. The molecule has 0 radical (unpaired) electrons. The van der Waals surface area contributed by atoms with Crippen LogP contribution in [0.5, 0.6) is 0 Å². The molecule has 0 aromatic rings. The van der Waals surface area contributed by atoms with Gasteiger partial charge in [-0.3, -0.25) is 9.36 Å². The molecule has 9 heteroatoms. The Bertz CT molecular complexity index is 1080. The maximum atomic E-state index is 12.9. The van der Waals surface area contributed by atoms with Crippen LogP contribution in [-0.2, 0) is 18.4 Å². The zero-order valence-electron chi connectivity index (χ0n) is 44.9. The second-order valence-electron chi connectivity index (χ2n) is 21.4. The van der Waals surface area contributed by atoms with Crippen molar-refractivity contribution in [3.63, 3.8) is 0 Å². The molecule has 0 saturated carbocycles. The molecule has 0 rings (SSSR count). The molecule has 0 bridgehead atoms. The summed E-state index contributed by atoms with van der Waals surface area (Å²) in [7, 11) is 1.28. The van der Waals surface area contributed by atoms with Gasteiger partial charge in [0, 0.05) is 6.42 Å². The number of rotatable bonds is 54. The molecule has 8 nitrogen and oxygen atoms in total. The van der Waals surface area contributed by atoms with E-state index in [0.29, 0.717) is 17.4 Å². The van der Waals surface area contributed by atoms with Crippen LogP contribution in [0.4, 0.5) is 0 Å². The number of aliphatic hydroxyl groups excluding tert-OH is 1. The fourth-order valence-corrected chi connectivity index (χ4v) is 9.64. The number of phosphoric ester groups is 1. The monoisotopic (exact) mass is 955 g/mol. The lowest BCUT2D eigenvalue weighted by atomic mass is 10.0. The molecular weight excluding hydrogens is 840 g/mol. The molecule has 3 unspecified atom stereocenters. The first-order valence-corrected chi connectivity index (χ1v) is 30.5. The van der Waals surface area contributed by atoms with Gasteiger partial charge in [-0.25, -0.2) is 0 Å². The number of hydrogen-bond acceptors (Lipinski definition) is 6. The fourth-order valence-electron chi connectivity index (χ4n) is 8.92. The summed E-state index contributed by atoms with van der Waals surface area (Å²) in [4.78, 5) is 25.5. The van der Waals surface area contributed by atoms with E-state index in [4.69, 9.17) is 9.05 Å². The predicted octanol–water partition coefficient (Wildman–Crippen LogP) is 16.8. The van der Waals surface area contributed by atoms with Crippen LogP contribution in [0.15, 0.2) is 12.2 Å². The number of phosphoric acid groups is 1. The minimum Gasteiger partial charge on any atom is -0.756 e. The minimum absolute atomic E-state index is 0.00268. The third-order valence-electron chi connectivity index (χ3n) is 13.5. The van der Waals surface area contributed by atoms with Gasteiger partial charge in [-0.05, 0) is 19.3 Å². The average molecular weight is 956 g/mol. The summed E-state index contributed by atoms with van der Waals surface area (Å²) in [6, 6.07) is -0.882. The number of allylic oxidation sites excluding steroid dienone is 1. The van der Waals surface area contributed by atoms with E-state index in [1.807, 2.05) is 27.2 Å². The van der Waals surface area contributed by atoms with Gasteiger partial charge < -0.3 is 28.8 Å². The van der Waals surface area contributed by atoms with Crippen LogP contribution in [0, 0.1) is 0 Å².